The molecule has 1 rings (SSSR count). The number of amides is 1. The molecule has 0 radical (unpaired) electrons. The number of pyridine rings is 1. The molecule has 0 aliphatic heterocycles. The van der Waals surface area contributed by atoms with Crippen LogP contribution < -0.4 is 4.74 Å². The van der Waals surface area contributed by atoms with Gasteiger partial charge in [-0.05, 0) is 26.0 Å². The molecule has 0 atom stereocenters. The maximum atomic E-state index is 13.0. The van der Waals surface area contributed by atoms with Gasteiger partial charge in [-0.1, -0.05) is 0 Å². The second kappa shape index (κ2) is 5.44. The van der Waals surface area contributed by atoms with Gasteiger partial charge in [-0.3, -0.25) is 4.79 Å². The van der Waals surface area contributed by atoms with E-state index in [2.05, 4.69) is 4.98 Å². The molecule has 0 aromatic carbocycles. The van der Waals surface area contributed by atoms with Gasteiger partial charge in [-0.15, -0.1) is 0 Å². The molecule has 0 fully saturated rings. The normalized spacial score (nSPS) is 10.3. The van der Waals surface area contributed by atoms with Crippen LogP contribution in [0, 0.1) is 5.95 Å². The number of hydrogen-bond donors (Lipinski definition) is 0. The van der Waals surface area contributed by atoms with E-state index in [1.165, 1.54) is 17.2 Å². The van der Waals surface area contributed by atoms with Gasteiger partial charge in [-0.25, -0.2) is 4.98 Å². The summed E-state index contributed by atoms with van der Waals surface area (Å²) in [4.78, 5) is 16.5. The zero-order valence-corrected chi connectivity index (χ0v) is 9.61. The molecule has 0 aliphatic carbocycles. The van der Waals surface area contributed by atoms with Crippen LogP contribution in [0.15, 0.2) is 18.3 Å². The summed E-state index contributed by atoms with van der Waals surface area (Å²) >= 11 is 0. The van der Waals surface area contributed by atoms with E-state index >= 15 is 0 Å². The molecule has 1 amide bonds. The number of likely N-dealkylation sites (N-methyl/N-ethyl adjacent to an activating group) is 1. The summed E-state index contributed by atoms with van der Waals surface area (Å²) in [5.74, 6) is -0.909. The molecule has 0 aliphatic rings. The van der Waals surface area contributed by atoms with Gasteiger partial charge in [0, 0.05) is 19.3 Å². The predicted octanol–water partition coefficient (Wildman–Crippen LogP) is 1.47. The first kappa shape index (κ1) is 12.4. The van der Waals surface area contributed by atoms with Crippen LogP contribution in [0.4, 0.5) is 4.39 Å². The molecular weight excluding hydrogens is 211 g/mol. The highest BCUT2D eigenvalue weighted by Crippen LogP contribution is 2.12. The summed E-state index contributed by atoms with van der Waals surface area (Å²) in [5.41, 5.74) is 0. The summed E-state index contributed by atoms with van der Waals surface area (Å²) in [7, 11) is 1.68. The van der Waals surface area contributed by atoms with E-state index in [1.807, 2.05) is 13.8 Å². The van der Waals surface area contributed by atoms with Crippen molar-refractivity contribution < 1.29 is 13.9 Å². The minimum absolute atomic E-state index is 0.00648. The second-order valence-electron chi connectivity index (χ2n) is 3.68. The zero-order chi connectivity index (χ0) is 12.1. The lowest BCUT2D eigenvalue weighted by Gasteiger charge is -2.21. The molecule has 4 nitrogen and oxygen atoms in total. The van der Waals surface area contributed by atoms with Crippen LogP contribution in [0.5, 0.6) is 5.75 Å². The van der Waals surface area contributed by atoms with Crippen molar-refractivity contribution in [3.05, 3.63) is 24.3 Å². The molecule has 16 heavy (non-hydrogen) atoms. The van der Waals surface area contributed by atoms with E-state index in [-0.39, 0.29) is 24.3 Å². The van der Waals surface area contributed by atoms with Crippen LogP contribution in [-0.4, -0.2) is 35.5 Å². The van der Waals surface area contributed by atoms with E-state index in [4.69, 9.17) is 4.74 Å². The smallest absolute Gasteiger partial charge is 0.260 e. The number of halogens is 1. The van der Waals surface area contributed by atoms with Crippen molar-refractivity contribution in [2.24, 2.45) is 0 Å². The SMILES string of the molecule is CC(C)N(C)C(=O)COc1cccnc1F. The second-order valence-corrected chi connectivity index (χ2v) is 3.68. The summed E-state index contributed by atoms with van der Waals surface area (Å²) in [5, 5.41) is 0. The first-order valence-electron chi connectivity index (χ1n) is 5.01. The molecule has 0 spiro atoms. The first-order chi connectivity index (χ1) is 7.52. The fourth-order valence-corrected chi connectivity index (χ4v) is 1.01. The Bertz CT molecular complexity index is 369. The van der Waals surface area contributed by atoms with Gasteiger partial charge in [-0.2, -0.15) is 4.39 Å². The Morgan fingerprint density at radius 3 is 2.88 bits per heavy atom. The molecule has 0 bridgehead atoms. The van der Waals surface area contributed by atoms with Crippen LogP contribution in [0.25, 0.3) is 0 Å². The Kier molecular flexibility index (Phi) is 4.22. The standard InChI is InChI=1S/C11H15FN2O2/c1-8(2)14(3)10(15)7-16-9-5-4-6-13-11(9)12/h4-6,8H,7H2,1-3H3. The average Bonchev–Trinajstić information content (AvgIpc) is 2.26. The van der Waals surface area contributed by atoms with Crippen LogP contribution >= 0.6 is 0 Å². The molecule has 1 aromatic rings. The van der Waals surface area contributed by atoms with Gasteiger partial charge in [0.15, 0.2) is 12.4 Å². The Morgan fingerprint density at radius 1 is 1.62 bits per heavy atom. The van der Waals surface area contributed by atoms with Crippen LogP contribution in [-0.2, 0) is 4.79 Å². The highest BCUT2D eigenvalue weighted by atomic mass is 19.1. The monoisotopic (exact) mass is 226 g/mol. The summed E-state index contributed by atoms with van der Waals surface area (Å²) in [6.07, 6.45) is 1.32. The minimum atomic E-state index is -0.706. The molecule has 0 unspecified atom stereocenters. The molecule has 88 valence electrons. The number of hydrogen-bond acceptors (Lipinski definition) is 3. The summed E-state index contributed by atoms with van der Waals surface area (Å²) in [6.45, 7) is 3.60. The Morgan fingerprint density at radius 2 is 2.31 bits per heavy atom. The van der Waals surface area contributed by atoms with Gasteiger partial charge < -0.3 is 9.64 Å². The topological polar surface area (TPSA) is 42.4 Å². The third-order valence-electron chi connectivity index (χ3n) is 2.24. The molecule has 0 N–H and O–H groups in total. The van der Waals surface area contributed by atoms with Gasteiger partial charge in [0.2, 0.25) is 0 Å². The van der Waals surface area contributed by atoms with Crippen LogP contribution in [0.1, 0.15) is 13.8 Å². The number of nitrogens with zero attached hydrogens (tertiary/aromatic N) is 2. The minimum Gasteiger partial charge on any atom is -0.479 e. The number of ether oxygens (including phenoxy) is 1. The lowest BCUT2D eigenvalue weighted by molar-refractivity contribution is -0.133. The molecule has 0 saturated carbocycles. The van der Waals surface area contributed by atoms with Crippen LogP contribution in [0.2, 0.25) is 0 Å². The number of rotatable bonds is 4. The van der Waals surface area contributed by atoms with E-state index < -0.39 is 5.95 Å². The Balaban J connectivity index is 2.52. The molecule has 5 heteroatoms. The van der Waals surface area contributed by atoms with Gasteiger partial charge in [0.1, 0.15) is 0 Å². The van der Waals surface area contributed by atoms with Crippen molar-refractivity contribution in [2.45, 2.75) is 19.9 Å². The van der Waals surface area contributed by atoms with Gasteiger partial charge >= 0.3 is 0 Å². The first-order valence-corrected chi connectivity index (χ1v) is 5.01. The highest BCUT2D eigenvalue weighted by molar-refractivity contribution is 5.77. The largest absolute Gasteiger partial charge is 0.479 e. The third-order valence-corrected chi connectivity index (χ3v) is 2.24. The van der Waals surface area contributed by atoms with Crippen molar-refractivity contribution in [3.8, 4) is 5.75 Å². The lowest BCUT2D eigenvalue weighted by Crippen LogP contribution is -2.36. The van der Waals surface area contributed by atoms with E-state index in [1.54, 1.807) is 13.1 Å². The summed E-state index contributed by atoms with van der Waals surface area (Å²) in [6, 6.07) is 3.08. The predicted molar refractivity (Wildman–Crippen MR) is 57.6 cm³/mol. The Hall–Kier alpha value is -1.65. The highest BCUT2D eigenvalue weighted by Gasteiger charge is 2.13. The van der Waals surface area contributed by atoms with E-state index in [9.17, 15) is 9.18 Å². The van der Waals surface area contributed by atoms with Gasteiger partial charge in [0.25, 0.3) is 11.9 Å². The zero-order valence-electron chi connectivity index (χ0n) is 9.61. The van der Waals surface area contributed by atoms with Gasteiger partial charge in [0.05, 0.1) is 0 Å². The Labute approximate surface area is 94.0 Å². The molecular formula is C11H15FN2O2. The maximum absolute atomic E-state index is 13.0. The fourth-order valence-electron chi connectivity index (χ4n) is 1.01. The molecule has 1 heterocycles. The fraction of sp³-hybridized carbons (Fsp3) is 0.455. The molecule has 0 saturated heterocycles. The molecule has 1 aromatic heterocycles. The number of carbonyl (C=O) groups excluding carboxylic acids is 1. The maximum Gasteiger partial charge on any atom is 0.260 e. The van der Waals surface area contributed by atoms with Crippen molar-refractivity contribution in [3.63, 3.8) is 0 Å². The van der Waals surface area contributed by atoms with Crippen LogP contribution in [0.3, 0.4) is 0 Å². The van der Waals surface area contributed by atoms with Crippen molar-refractivity contribution in [1.82, 2.24) is 9.88 Å². The van der Waals surface area contributed by atoms with Crippen molar-refractivity contribution in [2.75, 3.05) is 13.7 Å². The number of carbonyl (C=O) groups is 1. The van der Waals surface area contributed by atoms with Crippen molar-refractivity contribution in [1.29, 1.82) is 0 Å². The quantitative estimate of drug-likeness (QED) is 0.730. The van der Waals surface area contributed by atoms with E-state index in [0.717, 1.165) is 0 Å². The third kappa shape index (κ3) is 3.18. The summed E-state index contributed by atoms with van der Waals surface area (Å²) < 4.78 is 18.1. The van der Waals surface area contributed by atoms with E-state index in [0.29, 0.717) is 0 Å². The number of aromatic nitrogens is 1. The van der Waals surface area contributed by atoms with Crippen molar-refractivity contribution >= 4 is 5.91 Å². The average molecular weight is 226 g/mol. The lowest BCUT2D eigenvalue weighted by atomic mass is 10.3.